The fourth-order valence-corrected chi connectivity index (χ4v) is 3.07. The summed E-state index contributed by atoms with van der Waals surface area (Å²) in [5.41, 5.74) is 1.83. The Balaban J connectivity index is 1.98. The Kier molecular flexibility index (Phi) is 8.55. The molecular formula is C23H31N4O3+. The van der Waals surface area contributed by atoms with Crippen molar-refractivity contribution in [3.05, 3.63) is 65.7 Å². The van der Waals surface area contributed by atoms with Crippen molar-refractivity contribution in [2.75, 3.05) is 25.5 Å². The van der Waals surface area contributed by atoms with Gasteiger partial charge < -0.3 is 20.9 Å². The van der Waals surface area contributed by atoms with E-state index in [2.05, 4.69) is 16.0 Å². The summed E-state index contributed by atoms with van der Waals surface area (Å²) in [5, 5.41) is 8.57. The van der Waals surface area contributed by atoms with Gasteiger partial charge in [0.2, 0.25) is 0 Å². The minimum Gasteiger partial charge on any atom is -0.349 e. The molecule has 160 valence electrons. The van der Waals surface area contributed by atoms with Gasteiger partial charge in [0.15, 0.2) is 13.1 Å². The fourth-order valence-electron chi connectivity index (χ4n) is 3.07. The Morgan fingerprint density at radius 1 is 0.833 bits per heavy atom. The number of nitrogens with one attached hydrogen (secondary N) is 4. The highest BCUT2D eigenvalue weighted by Gasteiger charge is 2.18. The molecule has 2 atom stereocenters. The van der Waals surface area contributed by atoms with E-state index in [1.165, 1.54) is 0 Å². The first-order valence-electron chi connectivity index (χ1n) is 10.1. The molecule has 0 saturated heterocycles. The normalized spacial score (nSPS) is 12.7. The predicted octanol–water partition coefficient (Wildman–Crippen LogP) is 1.16. The third kappa shape index (κ3) is 7.33. The summed E-state index contributed by atoms with van der Waals surface area (Å²) in [6.45, 7) is 6.00. The van der Waals surface area contributed by atoms with E-state index in [0.29, 0.717) is 11.3 Å². The molecule has 2 aromatic rings. The van der Waals surface area contributed by atoms with Crippen LogP contribution in [0.15, 0.2) is 54.6 Å². The van der Waals surface area contributed by atoms with Crippen molar-refractivity contribution in [2.24, 2.45) is 0 Å². The van der Waals surface area contributed by atoms with Crippen molar-refractivity contribution < 1.29 is 19.3 Å². The number of likely N-dealkylation sites (N-methyl/N-ethyl adjacent to an activating group) is 1. The largest absolute Gasteiger partial charge is 0.349 e. The number of carbonyl (C=O) groups excluding carboxylic acids is 3. The van der Waals surface area contributed by atoms with Crippen LogP contribution in [0, 0.1) is 0 Å². The van der Waals surface area contributed by atoms with Crippen molar-refractivity contribution in [3.63, 3.8) is 0 Å². The number of amides is 3. The number of hydrogen-bond donors (Lipinski definition) is 4. The maximum absolute atomic E-state index is 12.8. The zero-order chi connectivity index (χ0) is 22.1. The van der Waals surface area contributed by atoms with E-state index in [4.69, 9.17) is 0 Å². The van der Waals surface area contributed by atoms with Gasteiger partial charge in [-0.25, -0.2) is 0 Å². The first-order chi connectivity index (χ1) is 14.3. The Hall–Kier alpha value is -3.19. The molecule has 0 spiro atoms. The van der Waals surface area contributed by atoms with Crippen LogP contribution in [0.4, 0.5) is 5.69 Å². The highest BCUT2D eigenvalue weighted by Crippen LogP contribution is 2.17. The van der Waals surface area contributed by atoms with Crippen LogP contribution in [0.2, 0.25) is 0 Å². The van der Waals surface area contributed by atoms with E-state index in [1.54, 1.807) is 31.3 Å². The minimum absolute atomic E-state index is 0.0581. The van der Waals surface area contributed by atoms with Crippen LogP contribution in [-0.4, -0.2) is 43.9 Å². The summed E-state index contributed by atoms with van der Waals surface area (Å²) in [6, 6.07) is 16.5. The third-order valence-corrected chi connectivity index (χ3v) is 4.47. The van der Waals surface area contributed by atoms with Crippen LogP contribution < -0.4 is 20.9 Å². The molecule has 3 amide bonds. The number of rotatable bonds is 9. The Bertz CT molecular complexity index is 868. The first kappa shape index (κ1) is 23.1. The van der Waals surface area contributed by atoms with Crippen molar-refractivity contribution in [3.8, 4) is 0 Å². The van der Waals surface area contributed by atoms with Gasteiger partial charge in [0, 0.05) is 6.04 Å². The van der Waals surface area contributed by atoms with Gasteiger partial charge in [-0.05, 0) is 38.5 Å². The van der Waals surface area contributed by atoms with Gasteiger partial charge in [0.05, 0.1) is 24.3 Å². The molecule has 4 N–H and O–H groups in total. The number of benzene rings is 2. The topological polar surface area (TPSA) is 91.7 Å². The average Bonchev–Trinajstić information content (AvgIpc) is 2.67. The lowest BCUT2D eigenvalue weighted by atomic mass is 10.1. The van der Waals surface area contributed by atoms with Gasteiger partial charge >= 0.3 is 0 Å². The molecular weight excluding hydrogens is 380 g/mol. The third-order valence-electron chi connectivity index (χ3n) is 4.47. The maximum Gasteiger partial charge on any atom is 0.279 e. The summed E-state index contributed by atoms with van der Waals surface area (Å²) in [5.74, 6) is -0.634. The van der Waals surface area contributed by atoms with Gasteiger partial charge in [-0.2, -0.15) is 0 Å². The van der Waals surface area contributed by atoms with E-state index in [0.717, 1.165) is 10.5 Å². The number of anilines is 1. The molecule has 2 rings (SSSR count). The van der Waals surface area contributed by atoms with Crippen LogP contribution in [0.3, 0.4) is 0 Å². The number of quaternary nitrogens is 1. The molecule has 30 heavy (non-hydrogen) atoms. The highest BCUT2D eigenvalue weighted by molar-refractivity contribution is 6.04. The van der Waals surface area contributed by atoms with Crippen LogP contribution in [0.5, 0.6) is 0 Å². The zero-order valence-corrected chi connectivity index (χ0v) is 18.0. The Morgan fingerprint density at radius 2 is 1.43 bits per heavy atom. The van der Waals surface area contributed by atoms with Crippen LogP contribution in [0.25, 0.3) is 0 Å². The second kappa shape index (κ2) is 11.1. The van der Waals surface area contributed by atoms with Crippen LogP contribution in [-0.2, 0) is 9.59 Å². The molecule has 7 nitrogen and oxygen atoms in total. The van der Waals surface area contributed by atoms with Gasteiger partial charge in [0.25, 0.3) is 17.7 Å². The summed E-state index contributed by atoms with van der Waals surface area (Å²) in [7, 11) is 1.78. The number of carbonyl (C=O) groups is 3. The molecule has 0 fully saturated rings. The van der Waals surface area contributed by atoms with Crippen molar-refractivity contribution >= 4 is 23.4 Å². The molecule has 0 aliphatic carbocycles. The van der Waals surface area contributed by atoms with Gasteiger partial charge in [0.1, 0.15) is 0 Å². The quantitative estimate of drug-likeness (QED) is 0.499. The van der Waals surface area contributed by atoms with Gasteiger partial charge in [-0.3, -0.25) is 14.4 Å². The van der Waals surface area contributed by atoms with E-state index >= 15 is 0 Å². The van der Waals surface area contributed by atoms with Crippen molar-refractivity contribution in [1.82, 2.24) is 10.6 Å². The van der Waals surface area contributed by atoms with E-state index < -0.39 is 0 Å². The van der Waals surface area contributed by atoms with Crippen molar-refractivity contribution in [1.29, 1.82) is 0 Å². The van der Waals surface area contributed by atoms with E-state index in [9.17, 15) is 14.4 Å². The fraction of sp³-hybridized carbons (Fsp3) is 0.348. The summed E-state index contributed by atoms with van der Waals surface area (Å²) < 4.78 is 0. The Morgan fingerprint density at radius 3 is 2.10 bits per heavy atom. The lowest BCUT2D eigenvalue weighted by Crippen LogP contribution is -3.11. The SMILES string of the molecule is CC(C)NC(=O)C[NH+](C)CC(=O)Nc1ccccc1C(=O)N[C@H](C)c1ccccc1. The molecule has 0 aliphatic rings. The molecule has 0 aliphatic heterocycles. The molecule has 0 heterocycles. The first-order valence-corrected chi connectivity index (χ1v) is 10.1. The monoisotopic (exact) mass is 411 g/mol. The smallest absolute Gasteiger partial charge is 0.279 e. The summed E-state index contributed by atoms with van der Waals surface area (Å²) >= 11 is 0. The lowest BCUT2D eigenvalue weighted by Gasteiger charge is -2.17. The van der Waals surface area contributed by atoms with Crippen LogP contribution >= 0.6 is 0 Å². The van der Waals surface area contributed by atoms with Gasteiger partial charge in [-0.1, -0.05) is 42.5 Å². The molecule has 0 radical (unpaired) electrons. The highest BCUT2D eigenvalue weighted by atomic mass is 16.2. The molecule has 7 heteroatoms. The predicted molar refractivity (Wildman–Crippen MR) is 117 cm³/mol. The van der Waals surface area contributed by atoms with Crippen LogP contribution in [0.1, 0.15) is 42.7 Å². The number of hydrogen-bond acceptors (Lipinski definition) is 3. The maximum atomic E-state index is 12.8. The van der Waals surface area contributed by atoms with E-state index in [-0.39, 0.29) is 42.9 Å². The van der Waals surface area contributed by atoms with Crippen molar-refractivity contribution in [2.45, 2.75) is 32.9 Å². The summed E-state index contributed by atoms with van der Waals surface area (Å²) in [4.78, 5) is 37.8. The average molecular weight is 412 g/mol. The second-order valence-electron chi connectivity index (χ2n) is 7.73. The minimum atomic E-state index is -0.265. The second-order valence-corrected chi connectivity index (χ2v) is 7.73. The standard InChI is InChI=1S/C23H30N4O3/c1-16(2)24-21(28)14-27(4)15-22(29)26-20-13-9-8-12-19(20)23(30)25-17(3)18-10-6-5-7-11-18/h5-13,16-17H,14-15H2,1-4H3,(H,24,28)(H,25,30)(H,26,29)/p+1/t17-/m1/s1. The molecule has 0 saturated carbocycles. The molecule has 0 aromatic heterocycles. The van der Waals surface area contributed by atoms with Gasteiger partial charge in [-0.15, -0.1) is 0 Å². The molecule has 0 bridgehead atoms. The summed E-state index contributed by atoms with van der Waals surface area (Å²) in [6.07, 6.45) is 0. The lowest BCUT2D eigenvalue weighted by molar-refractivity contribution is -0.862. The number of para-hydroxylation sites is 1. The zero-order valence-electron chi connectivity index (χ0n) is 18.0. The van der Waals surface area contributed by atoms with E-state index in [1.807, 2.05) is 51.1 Å². The Labute approximate surface area is 177 Å². The molecule has 1 unspecified atom stereocenters. The molecule has 2 aromatic carbocycles.